The molecule has 0 saturated carbocycles. The molecular formula is C15H18FN3O. The van der Waals surface area contributed by atoms with Crippen LogP contribution in [0.4, 0.5) is 10.2 Å². The summed E-state index contributed by atoms with van der Waals surface area (Å²) in [7, 11) is 0. The fourth-order valence-corrected chi connectivity index (χ4v) is 1.87. The molecule has 2 aromatic rings. The minimum Gasteiger partial charge on any atom is -0.438 e. The van der Waals surface area contributed by atoms with Crippen LogP contribution in [0.3, 0.4) is 0 Å². The van der Waals surface area contributed by atoms with Gasteiger partial charge in [0.2, 0.25) is 5.88 Å². The van der Waals surface area contributed by atoms with Crippen LogP contribution in [-0.4, -0.2) is 16.5 Å². The van der Waals surface area contributed by atoms with Gasteiger partial charge >= 0.3 is 0 Å². The lowest BCUT2D eigenvalue weighted by atomic mass is 10.2. The minimum absolute atomic E-state index is 0.279. The second-order valence-electron chi connectivity index (χ2n) is 4.59. The van der Waals surface area contributed by atoms with Crippen LogP contribution in [0, 0.1) is 26.6 Å². The number of hydrogen-bond donors (Lipinski definition) is 1. The standard InChI is InChI=1S/C15H18FN3O/c1-5-17-14-10(3)15(19-11(4)18-14)20-13-7-6-12(16)8-9(13)2/h6-8H,5H2,1-4H3,(H,17,18,19). The van der Waals surface area contributed by atoms with Gasteiger partial charge in [-0.3, -0.25) is 0 Å². The Morgan fingerprint density at radius 2 is 1.95 bits per heavy atom. The van der Waals surface area contributed by atoms with Gasteiger partial charge < -0.3 is 10.1 Å². The number of nitrogens with one attached hydrogen (secondary N) is 1. The molecule has 0 spiro atoms. The maximum absolute atomic E-state index is 13.1. The molecule has 0 amide bonds. The average Bonchev–Trinajstić information content (AvgIpc) is 2.38. The van der Waals surface area contributed by atoms with E-state index in [2.05, 4.69) is 15.3 Å². The first-order valence-corrected chi connectivity index (χ1v) is 6.54. The van der Waals surface area contributed by atoms with E-state index in [4.69, 9.17) is 4.74 Å². The number of anilines is 1. The van der Waals surface area contributed by atoms with Crippen molar-refractivity contribution in [2.45, 2.75) is 27.7 Å². The van der Waals surface area contributed by atoms with E-state index in [1.54, 1.807) is 13.0 Å². The van der Waals surface area contributed by atoms with Gasteiger partial charge in [-0.1, -0.05) is 0 Å². The van der Waals surface area contributed by atoms with Crippen molar-refractivity contribution in [3.8, 4) is 11.6 Å². The summed E-state index contributed by atoms with van der Waals surface area (Å²) in [6.45, 7) is 8.27. The predicted molar refractivity (Wildman–Crippen MR) is 76.9 cm³/mol. The summed E-state index contributed by atoms with van der Waals surface area (Å²) in [6.07, 6.45) is 0. The van der Waals surface area contributed by atoms with Crippen molar-refractivity contribution in [2.75, 3.05) is 11.9 Å². The Hall–Kier alpha value is -2.17. The van der Waals surface area contributed by atoms with Gasteiger partial charge in [-0.2, -0.15) is 4.98 Å². The van der Waals surface area contributed by atoms with Crippen LogP contribution < -0.4 is 10.1 Å². The van der Waals surface area contributed by atoms with Gasteiger partial charge in [0.1, 0.15) is 23.2 Å². The van der Waals surface area contributed by atoms with Gasteiger partial charge in [0.15, 0.2) is 0 Å². The van der Waals surface area contributed by atoms with Gasteiger partial charge in [-0.05, 0) is 51.5 Å². The maximum atomic E-state index is 13.1. The molecule has 1 aromatic heterocycles. The number of ether oxygens (including phenoxy) is 1. The van der Waals surface area contributed by atoms with E-state index >= 15 is 0 Å². The van der Waals surface area contributed by atoms with Crippen LogP contribution in [-0.2, 0) is 0 Å². The lowest BCUT2D eigenvalue weighted by molar-refractivity contribution is 0.451. The van der Waals surface area contributed by atoms with Gasteiger partial charge in [-0.15, -0.1) is 0 Å². The SMILES string of the molecule is CCNc1nc(C)nc(Oc2ccc(F)cc2C)c1C. The highest BCUT2D eigenvalue weighted by Gasteiger charge is 2.12. The van der Waals surface area contributed by atoms with E-state index in [0.717, 1.165) is 23.5 Å². The Bertz CT molecular complexity index is 629. The molecule has 1 N–H and O–H groups in total. The van der Waals surface area contributed by atoms with Crippen molar-refractivity contribution in [2.24, 2.45) is 0 Å². The van der Waals surface area contributed by atoms with Gasteiger partial charge in [0.25, 0.3) is 0 Å². The van der Waals surface area contributed by atoms with Gasteiger partial charge in [-0.25, -0.2) is 9.37 Å². The Labute approximate surface area is 118 Å². The number of benzene rings is 1. The molecule has 0 aliphatic rings. The van der Waals surface area contributed by atoms with E-state index in [1.165, 1.54) is 12.1 Å². The van der Waals surface area contributed by atoms with Crippen molar-refractivity contribution < 1.29 is 9.13 Å². The highest BCUT2D eigenvalue weighted by molar-refractivity contribution is 5.50. The van der Waals surface area contributed by atoms with Crippen LogP contribution in [0.5, 0.6) is 11.6 Å². The summed E-state index contributed by atoms with van der Waals surface area (Å²) < 4.78 is 18.9. The van der Waals surface area contributed by atoms with E-state index in [9.17, 15) is 4.39 Å². The number of rotatable bonds is 4. The van der Waals surface area contributed by atoms with E-state index in [-0.39, 0.29) is 5.82 Å². The monoisotopic (exact) mass is 275 g/mol. The molecule has 0 saturated heterocycles. The molecule has 0 bridgehead atoms. The molecule has 0 radical (unpaired) electrons. The summed E-state index contributed by atoms with van der Waals surface area (Å²) >= 11 is 0. The summed E-state index contributed by atoms with van der Waals surface area (Å²) in [4.78, 5) is 8.65. The summed E-state index contributed by atoms with van der Waals surface area (Å²) in [6, 6.07) is 4.41. The molecule has 0 fully saturated rings. The second kappa shape index (κ2) is 5.86. The van der Waals surface area contributed by atoms with Crippen molar-refractivity contribution in [1.82, 2.24) is 9.97 Å². The van der Waals surface area contributed by atoms with Crippen molar-refractivity contribution in [3.63, 3.8) is 0 Å². The molecular weight excluding hydrogens is 257 g/mol. The second-order valence-corrected chi connectivity index (χ2v) is 4.59. The van der Waals surface area contributed by atoms with E-state index in [0.29, 0.717) is 17.5 Å². The quantitative estimate of drug-likeness (QED) is 0.922. The first-order valence-electron chi connectivity index (χ1n) is 6.54. The first kappa shape index (κ1) is 14.2. The topological polar surface area (TPSA) is 47.0 Å². The normalized spacial score (nSPS) is 10.4. The third-order valence-electron chi connectivity index (χ3n) is 2.90. The molecule has 1 aromatic carbocycles. The molecule has 0 aliphatic heterocycles. The highest BCUT2D eigenvalue weighted by atomic mass is 19.1. The Balaban J connectivity index is 2.37. The number of aromatic nitrogens is 2. The molecule has 0 atom stereocenters. The fourth-order valence-electron chi connectivity index (χ4n) is 1.87. The largest absolute Gasteiger partial charge is 0.438 e. The Morgan fingerprint density at radius 3 is 2.60 bits per heavy atom. The highest BCUT2D eigenvalue weighted by Crippen LogP contribution is 2.29. The summed E-state index contributed by atoms with van der Waals surface area (Å²) in [5.74, 6) is 2.19. The van der Waals surface area contributed by atoms with Crippen molar-refractivity contribution in [1.29, 1.82) is 0 Å². The van der Waals surface area contributed by atoms with Crippen LogP contribution in [0.25, 0.3) is 0 Å². The third-order valence-corrected chi connectivity index (χ3v) is 2.90. The van der Waals surface area contributed by atoms with Crippen LogP contribution in [0.15, 0.2) is 18.2 Å². The minimum atomic E-state index is -0.279. The number of nitrogens with zero attached hydrogens (tertiary/aromatic N) is 2. The Morgan fingerprint density at radius 1 is 1.20 bits per heavy atom. The number of halogens is 1. The summed E-state index contributed by atoms with van der Waals surface area (Å²) in [5.41, 5.74) is 1.56. The average molecular weight is 275 g/mol. The zero-order chi connectivity index (χ0) is 14.7. The van der Waals surface area contributed by atoms with E-state index < -0.39 is 0 Å². The molecule has 0 unspecified atom stereocenters. The molecule has 106 valence electrons. The molecule has 2 rings (SSSR count). The van der Waals surface area contributed by atoms with Crippen LogP contribution in [0.2, 0.25) is 0 Å². The zero-order valence-electron chi connectivity index (χ0n) is 12.1. The molecule has 20 heavy (non-hydrogen) atoms. The smallest absolute Gasteiger partial charge is 0.227 e. The van der Waals surface area contributed by atoms with Crippen molar-refractivity contribution >= 4 is 5.82 Å². The van der Waals surface area contributed by atoms with Crippen LogP contribution in [0.1, 0.15) is 23.9 Å². The fraction of sp³-hybridized carbons (Fsp3) is 0.333. The van der Waals surface area contributed by atoms with E-state index in [1.807, 2.05) is 20.8 Å². The van der Waals surface area contributed by atoms with Gasteiger partial charge in [0.05, 0.1) is 5.56 Å². The lowest BCUT2D eigenvalue weighted by Crippen LogP contribution is -2.06. The van der Waals surface area contributed by atoms with Crippen molar-refractivity contribution in [3.05, 3.63) is 41.0 Å². The Kier molecular flexibility index (Phi) is 4.17. The first-order chi connectivity index (χ1) is 9.51. The summed E-state index contributed by atoms with van der Waals surface area (Å²) in [5, 5.41) is 3.18. The maximum Gasteiger partial charge on any atom is 0.227 e. The molecule has 4 nitrogen and oxygen atoms in total. The van der Waals surface area contributed by atoms with Gasteiger partial charge in [0, 0.05) is 6.54 Å². The third kappa shape index (κ3) is 3.04. The number of aryl methyl sites for hydroxylation is 2. The molecule has 0 aliphatic carbocycles. The zero-order valence-corrected chi connectivity index (χ0v) is 12.1. The molecule has 5 heteroatoms. The lowest BCUT2D eigenvalue weighted by Gasteiger charge is -2.13. The van der Waals surface area contributed by atoms with Crippen LogP contribution >= 0.6 is 0 Å². The predicted octanol–water partition coefficient (Wildman–Crippen LogP) is 3.77. The number of hydrogen-bond acceptors (Lipinski definition) is 4. The molecule has 1 heterocycles.